The average molecular weight is 340 g/mol. The van der Waals surface area contributed by atoms with Crippen LogP contribution >= 0.6 is 0 Å². The molecule has 0 aromatic heterocycles. The summed E-state index contributed by atoms with van der Waals surface area (Å²) in [4.78, 5) is 25.2. The average Bonchev–Trinajstić information content (AvgIpc) is 3.41. The van der Waals surface area contributed by atoms with Crippen LogP contribution in [0.1, 0.15) is 56.1 Å². The Morgan fingerprint density at radius 1 is 1.12 bits per heavy atom. The van der Waals surface area contributed by atoms with Crippen molar-refractivity contribution >= 4 is 17.5 Å². The van der Waals surface area contributed by atoms with E-state index < -0.39 is 5.41 Å². The minimum atomic E-state index is -0.864. The fourth-order valence-electron chi connectivity index (χ4n) is 3.43. The SMILES string of the molecule is Cc1ccc(C)c(NC(=O)C2(C(=O)NCCC3=CCCCC3)CC2)c1. The quantitative estimate of drug-likeness (QED) is 0.607. The Hall–Kier alpha value is -2.10. The predicted octanol–water partition coefficient (Wildman–Crippen LogP) is 4.03. The Morgan fingerprint density at radius 3 is 2.60 bits per heavy atom. The van der Waals surface area contributed by atoms with Crippen LogP contribution in [-0.4, -0.2) is 18.4 Å². The molecule has 2 amide bonds. The highest BCUT2D eigenvalue weighted by molar-refractivity contribution is 6.13. The van der Waals surface area contributed by atoms with E-state index in [-0.39, 0.29) is 11.8 Å². The topological polar surface area (TPSA) is 58.2 Å². The maximum atomic E-state index is 12.7. The molecule has 1 fully saturated rings. The van der Waals surface area contributed by atoms with Crippen LogP contribution in [0.3, 0.4) is 0 Å². The van der Waals surface area contributed by atoms with Crippen molar-refractivity contribution in [1.29, 1.82) is 0 Å². The van der Waals surface area contributed by atoms with Gasteiger partial charge >= 0.3 is 0 Å². The molecule has 0 atom stereocenters. The minimum absolute atomic E-state index is 0.119. The summed E-state index contributed by atoms with van der Waals surface area (Å²) < 4.78 is 0. The van der Waals surface area contributed by atoms with Crippen molar-refractivity contribution in [2.24, 2.45) is 5.41 Å². The third kappa shape index (κ3) is 4.12. The first-order valence-corrected chi connectivity index (χ1v) is 9.36. The van der Waals surface area contributed by atoms with E-state index >= 15 is 0 Å². The fourth-order valence-corrected chi connectivity index (χ4v) is 3.43. The molecule has 1 aromatic rings. The zero-order valence-electron chi connectivity index (χ0n) is 15.3. The molecule has 1 aromatic carbocycles. The summed E-state index contributed by atoms with van der Waals surface area (Å²) in [5.41, 5.74) is 3.49. The summed E-state index contributed by atoms with van der Waals surface area (Å²) in [5, 5.41) is 5.95. The van der Waals surface area contributed by atoms with Gasteiger partial charge in [0.25, 0.3) is 0 Å². The predicted molar refractivity (Wildman–Crippen MR) is 100 cm³/mol. The van der Waals surface area contributed by atoms with Gasteiger partial charge in [0, 0.05) is 12.2 Å². The van der Waals surface area contributed by atoms with Crippen LogP contribution in [0, 0.1) is 19.3 Å². The largest absolute Gasteiger partial charge is 0.355 e. The van der Waals surface area contributed by atoms with Gasteiger partial charge in [0.15, 0.2) is 0 Å². The normalized spacial score (nSPS) is 18.2. The van der Waals surface area contributed by atoms with E-state index in [1.807, 2.05) is 32.0 Å². The first kappa shape index (κ1) is 17.7. The van der Waals surface area contributed by atoms with Crippen LogP contribution in [0.25, 0.3) is 0 Å². The number of anilines is 1. The van der Waals surface area contributed by atoms with Crippen molar-refractivity contribution in [2.45, 2.75) is 58.8 Å². The number of amides is 2. The van der Waals surface area contributed by atoms with Crippen LogP contribution in [0.4, 0.5) is 5.69 Å². The smallest absolute Gasteiger partial charge is 0.240 e. The van der Waals surface area contributed by atoms with Crippen molar-refractivity contribution in [3.05, 3.63) is 41.0 Å². The Morgan fingerprint density at radius 2 is 1.92 bits per heavy atom. The van der Waals surface area contributed by atoms with Gasteiger partial charge in [-0.15, -0.1) is 0 Å². The molecule has 0 saturated heterocycles. The second kappa shape index (κ2) is 7.42. The lowest BCUT2D eigenvalue weighted by atomic mass is 9.97. The Kier molecular flexibility index (Phi) is 5.26. The molecule has 0 radical (unpaired) electrons. The third-order valence-electron chi connectivity index (χ3n) is 5.38. The molecule has 4 nitrogen and oxygen atoms in total. The number of aryl methyl sites for hydroxylation is 2. The van der Waals surface area contributed by atoms with Gasteiger partial charge in [-0.3, -0.25) is 9.59 Å². The van der Waals surface area contributed by atoms with Crippen LogP contribution < -0.4 is 10.6 Å². The molecular weight excluding hydrogens is 312 g/mol. The molecule has 2 aliphatic rings. The van der Waals surface area contributed by atoms with Gasteiger partial charge in [-0.25, -0.2) is 0 Å². The lowest BCUT2D eigenvalue weighted by Gasteiger charge is -2.18. The maximum Gasteiger partial charge on any atom is 0.240 e. The molecule has 2 N–H and O–H groups in total. The van der Waals surface area contributed by atoms with E-state index in [1.54, 1.807) is 0 Å². The van der Waals surface area contributed by atoms with Crippen LogP contribution in [0.2, 0.25) is 0 Å². The Balaban J connectivity index is 1.55. The summed E-state index contributed by atoms with van der Waals surface area (Å²) in [6.07, 6.45) is 9.31. The number of benzene rings is 1. The lowest BCUT2D eigenvalue weighted by molar-refractivity contribution is -0.134. The molecule has 25 heavy (non-hydrogen) atoms. The Bertz CT molecular complexity index is 702. The summed E-state index contributed by atoms with van der Waals surface area (Å²) in [7, 11) is 0. The molecule has 4 heteroatoms. The number of hydrogen-bond donors (Lipinski definition) is 2. The highest BCUT2D eigenvalue weighted by atomic mass is 16.2. The van der Waals surface area contributed by atoms with Crippen LogP contribution in [-0.2, 0) is 9.59 Å². The van der Waals surface area contributed by atoms with Crippen molar-refractivity contribution in [2.75, 3.05) is 11.9 Å². The summed E-state index contributed by atoms with van der Waals surface area (Å²) >= 11 is 0. The molecule has 0 unspecified atom stereocenters. The van der Waals surface area contributed by atoms with E-state index in [2.05, 4.69) is 16.7 Å². The van der Waals surface area contributed by atoms with Crippen molar-refractivity contribution < 1.29 is 9.59 Å². The molecule has 0 heterocycles. The van der Waals surface area contributed by atoms with Crippen molar-refractivity contribution in [3.8, 4) is 0 Å². The minimum Gasteiger partial charge on any atom is -0.355 e. The van der Waals surface area contributed by atoms with Crippen LogP contribution in [0.15, 0.2) is 29.8 Å². The fraction of sp³-hybridized carbons (Fsp3) is 0.524. The van der Waals surface area contributed by atoms with Gasteiger partial charge in [0.1, 0.15) is 5.41 Å². The van der Waals surface area contributed by atoms with Gasteiger partial charge in [-0.05, 0) is 76.0 Å². The molecule has 1 saturated carbocycles. The first-order chi connectivity index (χ1) is 12.0. The number of allylic oxidation sites excluding steroid dienone is 1. The number of carbonyl (C=O) groups excluding carboxylic acids is 2. The lowest BCUT2D eigenvalue weighted by Crippen LogP contribution is -2.40. The molecule has 0 spiro atoms. The number of nitrogens with one attached hydrogen (secondary N) is 2. The molecule has 134 valence electrons. The zero-order valence-corrected chi connectivity index (χ0v) is 15.3. The van der Waals surface area contributed by atoms with E-state index in [9.17, 15) is 9.59 Å². The van der Waals surface area contributed by atoms with Gasteiger partial charge in [-0.1, -0.05) is 23.8 Å². The van der Waals surface area contributed by atoms with Crippen molar-refractivity contribution in [1.82, 2.24) is 5.32 Å². The summed E-state index contributed by atoms with van der Waals surface area (Å²) in [5.74, 6) is -0.290. The highest BCUT2D eigenvalue weighted by Crippen LogP contribution is 2.47. The molecule has 2 aliphatic carbocycles. The standard InChI is InChI=1S/C21H28N2O2/c1-15-8-9-16(2)18(14-15)23-20(25)21(11-12-21)19(24)22-13-10-17-6-4-3-5-7-17/h6,8-9,14H,3-5,7,10-13H2,1-2H3,(H,22,24)(H,23,25). The van der Waals surface area contributed by atoms with Gasteiger partial charge in [0.2, 0.25) is 11.8 Å². The molecule has 0 bridgehead atoms. The van der Waals surface area contributed by atoms with E-state index in [4.69, 9.17) is 0 Å². The Labute approximate surface area is 150 Å². The monoisotopic (exact) mass is 340 g/mol. The second-order valence-electron chi connectivity index (χ2n) is 7.47. The van der Waals surface area contributed by atoms with Gasteiger partial charge in [-0.2, -0.15) is 0 Å². The van der Waals surface area contributed by atoms with Crippen LogP contribution in [0.5, 0.6) is 0 Å². The van der Waals surface area contributed by atoms with E-state index in [0.717, 1.165) is 36.1 Å². The summed E-state index contributed by atoms with van der Waals surface area (Å²) in [6.45, 7) is 4.59. The zero-order chi connectivity index (χ0) is 17.9. The van der Waals surface area contributed by atoms with Crippen molar-refractivity contribution in [3.63, 3.8) is 0 Å². The van der Waals surface area contributed by atoms with Gasteiger partial charge in [0.05, 0.1) is 0 Å². The molecule has 0 aliphatic heterocycles. The number of carbonyl (C=O) groups is 2. The molecule has 3 rings (SSSR count). The molecular formula is C21H28N2O2. The summed E-state index contributed by atoms with van der Waals surface area (Å²) in [6, 6.07) is 5.96. The van der Waals surface area contributed by atoms with E-state index in [1.165, 1.54) is 18.4 Å². The number of hydrogen-bond acceptors (Lipinski definition) is 2. The third-order valence-corrected chi connectivity index (χ3v) is 5.38. The number of rotatable bonds is 6. The van der Waals surface area contributed by atoms with E-state index in [0.29, 0.717) is 19.4 Å². The van der Waals surface area contributed by atoms with Gasteiger partial charge < -0.3 is 10.6 Å². The first-order valence-electron chi connectivity index (χ1n) is 9.36. The maximum absolute atomic E-state index is 12.7. The highest BCUT2D eigenvalue weighted by Gasteiger charge is 2.56. The second-order valence-corrected chi connectivity index (χ2v) is 7.47.